The van der Waals surface area contributed by atoms with Gasteiger partial charge in [0.2, 0.25) is 5.91 Å². The highest BCUT2D eigenvalue weighted by Gasteiger charge is 2.24. The molecule has 1 aliphatic rings. The zero-order chi connectivity index (χ0) is 17.1. The molecule has 0 aromatic heterocycles. The van der Waals surface area contributed by atoms with E-state index in [4.69, 9.17) is 0 Å². The molecule has 0 radical (unpaired) electrons. The van der Waals surface area contributed by atoms with Gasteiger partial charge in [-0.05, 0) is 55.3 Å². The first kappa shape index (κ1) is 16.5. The van der Waals surface area contributed by atoms with Gasteiger partial charge in [0.05, 0.1) is 5.69 Å². The standard InChI is InChI=1S/C18H17FN2O2S/c1-11(22)20-16-10-12(18(23)21-14-5-6-14)2-9-17(16)24-15-7-3-13(19)4-8-15/h2-4,7-10,14H,5-6H2,1H3,(H,20,22)(H,21,23). The number of hydrogen-bond acceptors (Lipinski definition) is 3. The first-order valence-electron chi connectivity index (χ1n) is 7.67. The highest BCUT2D eigenvalue weighted by atomic mass is 32.2. The molecular weight excluding hydrogens is 327 g/mol. The Balaban J connectivity index is 1.84. The van der Waals surface area contributed by atoms with E-state index < -0.39 is 0 Å². The van der Waals surface area contributed by atoms with Crippen LogP contribution >= 0.6 is 11.8 Å². The largest absolute Gasteiger partial charge is 0.349 e. The van der Waals surface area contributed by atoms with Gasteiger partial charge in [0, 0.05) is 28.3 Å². The maximum atomic E-state index is 13.0. The number of halogens is 1. The van der Waals surface area contributed by atoms with Gasteiger partial charge in [0.15, 0.2) is 0 Å². The van der Waals surface area contributed by atoms with Gasteiger partial charge >= 0.3 is 0 Å². The SMILES string of the molecule is CC(=O)Nc1cc(C(=O)NC2CC2)ccc1Sc1ccc(F)cc1. The lowest BCUT2D eigenvalue weighted by Crippen LogP contribution is -2.25. The van der Waals surface area contributed by atoms with E-state index in [1.54, 1.807) is 30.3 Å². The van der Waals surface area contributed by atoms with Gasteiger partial charge in [-0.2, -0.15) is 0 Å². The number of rotatable bonds is 5. The Kier molecular flexibility index (Phi) is 4.85. The van der Waals surface area contributed by atoms with Crippen LogP contribution in [0.2, 0.25) is 0 Å². The van der Waals surface area contributed by atoms with Crippen LogP contribution in [-0.2, 0) is 4.79 Å². The zero-order valence-corrected chi connectivity index (χ0v) is 14.0. The second kappa shape index (κ2) is 7.05. The van der Waals surface area contributed by atoms with Crippen LogP contribution in [0, 0.1) is 5.82 Å². The van der Waals surface area contributed by atoms with Gasteiger partial charge in [-0.3, -0.25) is 9.59 Å². The number of carbonyl (C=O) groups is 2. The summed E-state index contributed by atoms with van der Waals surface area (Å²) in [5.74, 6) is -0.647. The molecule has 124 valence electrons. The van der Waals surface area contributed by atoms with E-state index in [1.807, 2.05) is 0 Å². The molecule has 0 unspecified atom stereocenters. The minimum Gasteiger partial charge on any atom is -0.349 e. The Labute approximate surface area is 143 Å². The summed E-state index contributed by atoms with van der Waals surface area (Å²) in [6, 6.07) is 11.6. The van der Waals surface area contributed by atoms with E-state index in [-0.39, 0.29) is 23.7 Å². The van der Waals surface area contributed by atoms with Gasteiger partial charge in [-0.15, -0.1) is 0 Å². The molecule has 0 atom stereocenters. The molecule has 2 aromatic carbocycles. The van der Waals surface area contributed by atoms with Gasteiger partial charge < -0.3 is 10.6 Å². The van der Waals surface area contributed by atoms with Crippen molar-refractivity contribution in [3.05, 3.63) is 53.8 Å². The molecule has 1 saturated carbocycles. The third kappa shape index (κ3) is 4.35. The minimum absolute atomic E-state index is 0.137. The van der Waals surface area contributed by atoms with Crippen molar-refractivity contribution >= 4 is 29.3 Å². The fourth-order valence-corrected chi connectivity index (χ4v) is 3.06. The molecular formula is C18H17FN2O2S. The average molecular weight is 344 g/mol. The van der Waals surface area contributed by atoms with Crippen LogP contribution in [0.3, 0.4) is 0 Å². The average Bonchev–Trinajstić information content (AvgIpc) is 3.34. The van der Waals surface area contributed by atoms with Crippen molar-refractivity contribution in [1.29, 1.82) is 0 Å². The van der Waals surface area contributed by atoms with Crippen LogP contribution in [0.25, 0.3) is 0 Å². The minimum atomic E-state index is -0.298. The lowest BCUT2D eigenvalue weighted by molar-refractivity contribution is -0.114. The van der Waals surface area contributed by atoms with Crippen molar-refractivity contribution in [2.75, 3.05) is 5.32 Å². The molecule has 6 heteroatoms. The first-order chi connectivity index (χ1) is 11.5. The number of hydrogen-bond donors (Lipinski definition) is 2. The molecule has 0 aliphatic heterocycles. The number of amides is 2. The molecule has 2 aromatic rings. The molecule has 0 saturated heterocycles. The predicted octanol–water partition coefficient (Wildman–Crippen LogP) is 3.83. The van der Waals surface area contributed by atoms with Crippen LogP contribution < -0.4 is 10.6 Å². The molecule has 0 spiro atoms. The van der Waals surface area contributed by atoms with E-state index >= 15 is 0 Å². The Hall–Kier alpha value is -2.34. The molecule has 24 heavy (non-hydrogen) atoms. The Morgan fingerprint density at radius 1 is 1.12 bits per heavy atom. The first-order valence-corrected chi connectivity index (χ1v) is 8.49. The van der Waals surface area contributed by atoms with Crippen LogP contribution in [0.5, 0.6) is 0 Å². The lowest BCUT2D eigenvalue weighted by Gasteiger charge is -2.12. The van der Waals surface area contributed by atoms with Crippen molar-refractivity contribution in [1.82, 2.24) is 5.32 Å². The highest BCUT2D eigenvalue weighted by Crippen LogP contribution is 2.34. The van der Waals surface area contributed by atoms with E-state index in [0.29, 0.717) is 11.3 Å². The van der Waals surface area contributed by atoms with Crippen LogP contribution in [0.4, 0.5) is 10.1 Å². The van der Waals surface area contributed by atoms with Crippen molar-refractivity contribution in [3.8, 4) is 0 Å². The summed E-state index contributed by atoms with van der Waals surface area (Å²) in [6.07, 6.45) is 2.03. The summed E-state index contributed by atoms with van der Waals surface area (Å²) in [5, 5.41) is 5.68. The van der Waals surface area contributed by atoms with Crippen LogP contribution in [-0.4, -0.2) is 17.9 Å². The molecule has 1 aliphatic carbocycles. The zero-order valence-electron chi connectivity index (χ0n) is 13.1. The summed E-state index contributed by atoms with van der Waals surface area (Å²) < 4.78 is 13.0. The third-order valence-corrected chi connectivity index (χ3v) is 4.59. The molecule has 2 N–H and O–H groups in total. The van der Waals surface area contributed by atoms with E-state index in [9.17, 15) is 14.0 Å². The number of anilines is 1. The third-order valence-electron chi connectivity index (χ3n) is 3.51. The smallest absolute Gasteiger partial charge is 0.251 e. The Bertz CT molecular complexity index is 773. The van der Waals surface area contributed by atoms with Crippen molar-refractivity contribution in [3.63, 3.8) is 0 Å². The molecule has 4 nitrogen and oxygen atoms in total. The fourth-order valence-electron chi connectivity index (χ4n) is 2.17. The summed E-state index contributed by atoms with van der Waals surface area (Å²) >= 11 is 1.40. The monoisotopic (exact) mass is 344 g/mol. The van der Waals surface area contributed by atoms with Crippen molar-refractivity contribution in [2.45, 2.75) is 35.6 Å². The number of carbonyl (C=O) groups excluding carboxylic acids is 2. The fraction of sp³-hybridized carbons (Fsp3) is 0.222. The van der Waals surface area contributed by atoms with Gasteiger partial charge in [-0.25, -0.2) is 4.39 Å². The van der Waals surface area contributed by atoms with Gasteiger partial charge in [0.25, 0.3) is 5.91 Å². The van der Waals surface area contributed by atoms with E-state index in [0.717, 1.165) is 22.6 Å². The lowest BCUT2D eigenvalue weighted by atomic mass is 10.2. The maximum Gasteiger partial charge on any atom is 0.251 e. The Morgan fingerprint density at radius 2 is 1.83 bits per heavy atom. The number of benzene rings is 2. The molecule has 1 fully saturated rings. The second-order valence-electron chi connectivity index (χ2n) is 5.70. The topological polar surface area (TPSA) is 58.2 Å². The normalized spacial score (nSPS) is 13.4. The quantitative estimate of drug-likeness (QED) is 0.867. The highest BCUT2D eigenvalue weighted by molar-refractivity contribution is 7.99. The molecule has 0 heterocycles. The molecule has 2 amide bonds. The summed E-state index contributed by atoms with van der Waals surface area (Å²) in [5.41, 5.74) is 1.08. The second-order valence-corrected chi connectivity index (χ2v) is 6.81. The van der Waals surface area contributed by atoms with Crippen LogP contribution in [0.15, 0.2) is 52.3 Å². The van der Waals surface area contributed by atoms with E-state index in [2.05, 4.69) is 10.6 Å². The van der Waals surface area contributed by atoms with Crippen molar-refractivity contribution < 1.29 is 14.0 Å². The van der Waals surface area contributed by atoms with Gasteiger partial charge in [0.1, 0.15) is 5.82 Å². The van der Waals surface area contributed by atoms with Crippen molar-refractivity contribution in [2.24, 2.45) is 0 Å². The predicted molar refractivity (Wildman–Crippen MR) is 91.8 cm³/mol. The van der Waals surface area contributed by atoms with Gasteiger partial charge in [-0.1, -0.05) is 11.8 Å². The molecule has 3 rings (SSSR count). The summed E-state index contributed by atoms with van der Waals surface area (Å²) in [7, 11) is 0. The van der Waals surface area contributed by atoms with E-state index in [1.165, 1.54) is 30.8 Å². The Morgan fingerprint density at radius 3 is 2.46 bits per heavy atom. The van der Waals surface area contributed by atoms with Crippen LogP contribution in [0.1, 0.15) is 30.1 Å². The maximum absolute atomic E-state index is 13.0. The molecule has 0 bridgehead atoms. The summed E-state index contributed by atoms with van der Waals surface area (Å²) in [4.78, 5) is 25.3. The summed E-state index contributed by atoms with van der Waals surface area (Å²) in [6.45, 7) is 1.42. The number of nitrogens with one attached hydrogen (secondary N) is 2.